The van der Waals surface area contributed by atoms with Gasteiger partial charge < -0.3 is 19.2 Å². The van der Waals surface area contributed by atoms with Crippen molar-refractivity contribution in [3.8, 4) is 5.75 Å². The summed E-state index contributed by atoms with van der Waals surface area (Å²) in [6.07, 6.45) is 3.12. The molecule has 1 aliphatic rings. The fourth-order valence-corrected chi connectivity index (χ4v) is 3.86. The van der Waals surface area contributed by atoms with E-state index in [-0.39, 0.29) is 17.9 Å². The van der Waals surface area contributed by atoms with Gasteiger partial charge in [0.05, 0.1) is 24.4 Å². The van der Waals surface area contributed by atoms with E-state index in [0.29, 0.717) is 34.3 Å². The molecular formula is C25H20ClNO5. The number of ketones is 1. The van der Waals surface area contributed by atoms with E-state index in [9.17, 15) is 14.7 Å². The summed E-state index contributed by atoms with van der Waals surface area (Å²) in [6.45, 7) is 4.02. The van der Waals surface area contributed by atoms with Gasteiger partial charge in [0, 0.05) is 10.6 Å². The van der Waals surface area contributed by atoms with Crippen molar-refractivity contribution >= 4 is 29.1 Å². The SMILES string of the molecule is C=CCOc1ccc(/C(O)=C2/C(=O)C(=O)N(Cc3ccco3)C2c2cccc(Cl)c2)cc1. The van der Waals surface area contributed by atoms with Crippen LogP contribution in [0.2, 0.25) is 5.02 Å². The lowest BCUT2D eigenvalue weighted by Crippen LogP contribution is -2.29. The van der Waals surface area contributed by atoms with Gasteiger partial charge in [-0.2, -0.15) is 0 Å². The molecule has 4 rings (SSSR count). The Balaban J connectivity index is 1.79. The zero-order valence-electron chi connectivity index (χ0n) is 17.0. The van der Waals surface area contributed by atoms with Crippen LogP contribution in [0, 0.1) is 0 Å². The molecule has 32 heavy (non-hydrogen) atoms. The summed E-state index contributed by atoms with van der Waals surface area (Å²) in [5.41, 5.74) is 0.985. The van der Waals surface area contributed by atoms with Crippen LogP contribution in [0.5, 0.6) is 5.75 Å². The lowest BCUT2D eigenvalue weighted by Gasteiger charge is -2.24. The molecule has 1 fully saturated rings. The molecule has 1 amide bonds. The number of amides is 1. The van der Waals surface area contributed by atoms with Crippen LogP contribution in [0.15, 0.2) is 89.6 Å². The van der Waals surface area contributed by atoms with E-state index in [2.05, 4.69) is 6.58 Å². The number of halogens is 1. The highest BCUT2D eigenvalue weighted by atomic mass is 35.5. The fraction of sp³-hybridized carbons (Fsp3) is 0.120. The quantitative estimate of drug-likeness (QED) is 0.234. The smallest absolute Gasteiger partial charge is 0.296 e. The number of Topliss-reactive ketones (excluding diaryl/α,β-unsaturated/α-hetero) is 1. The van der Waals surface area contributed by atoms with E-state index in [0.717, 1.165) is 0 Å². The molecule has 7 heteroatoms. The summed E-state index contributed by atoms with van der Waals surface area (Å²) in [6, 6.07) is 16.1. The van der Waals surface area contributed by atoms with Gasteiger partial charge in [0.1, 0.15) is 23.9 Å². The number of aliphatic hydroxyl groups excluding tert-OH is 1. The molecule has 1 atom stereocenters. The summed E-state index contributed by atoms with van der Waals surface area (Å²) in [5, 5.41) is 11.5. The third kappa shape index (κ3) is 4.18. The molecular weight excluding hydrogens is 430 g/mol. The number of ether oxygens (including phenoxy) is 1. The van der Waals surface area contributed by atoms with Gasteiger partial charge in [-0.1, -0.05) is 36.4 Å². The molecule has 1 N–H and O–H groups in total. The van der Waals surface area contributed by atoms with Gasteiger partial charge in [-0.05, 0) is 54.1 Å². The Labute approximate surface area is 190 Å². The topological polar surface area (TPSA) is 80.0 Å². The maximum atomic E-state index is 13.0. The van der Waals surface area contributed by atoms with E-state index < -0.39 is 17.7 Å². The van der Waals surface area contributed by atoms with Crippen molar-refractivity contribution in [2.75, 3.05) is 6.61 Å². The standard InChI is InChI=1S/C25H20ClNO5/c1-2-12-31-19-10-8-16(9-11-19)23(28)21-22(17-5-3-6-18(26)14-17)27(25(30)24(21)29)15-20-7-4-13-32-20/h2-11,13-14,22,28H,1,12,15H2/b23-21-. The van der Waals surface area contributed by atoms with Crippen LogP contribution in [0.25, 0.3) is 5.76 Å². The van der Waals surface area contributed by atoms with Gasteiger partial charge in [0.2, 0.25) is 0 Å². The second kappa shape index (κ2) is 9.16. The molecule has 1 saturated heterocycles. The molecule has 2 aromatic carbocycles. The molecule has 6 nitrogen and oxygen atoms in total. The van der Waals surface area contributed by atoms with Crippen LogP contribution in [-0.4, -0.2) is 28.3 Å². The van der Waals surface area contributed by atoms with Gasteiger partial charge in [0.25, 0.3) is 11.7 Å². The number of carbonyl (C=O) groups excluding carboxylic acids is 2. The Kier molecular flexibility index (Phi) is 6.14. The number of aliphatic hydroxyl groups is 1. The van der Waals surface area contributed by atoms with Gasteiger partial charge >= 0.3 is 0 Å². The van der Waals surface area contributed by atoms with E-state index in [1.165, 1.54) is 11.2 Å². The van der Waals surface area contributed by atoms with E-state index in [1.807, 2.05) is 0 Å². The summed E-state index contributed by atoms with van der Waals surface area (Å²) < 4.78 is 10.8. The van der Waals surface area contributed by atoms with Gasteiger partial charge in [-0.25, -0.2) is 0 Å². The second-order valence-corrected chi connectivity index (χ2v) is 7.62. The summed E-state index contributed by atoms with van der Waals surface area (Å²) in [5.74, 6) is -0.663. The Hall–Kier alpha value is -3.77. The minimum atomic E-state index is -0.824. The zero-order chi connectivity index (χ0) is 22.7. The normalized spacial score (nSPS) is 17.5. The first kappa shape index (κ1) is 21.5. The Morgan fingerprint density at radius 3 is 2.59 bits per heavy atom. The Morgan fingerprint density at radius 2 is 1.94 bits per heavy atom. The molecule has 3 aromatic rings. The highest BCUT2D eigenvalue weighted by Crippen LogP contribution is 2.41. The fourth-order valence-electron chi connectivity index (χ4n) is 3.66. The van der Waals surface area contributed by atoms with Crippen molar-refractivity contribution in [1.29, 1.82) is 0 Å². The average Bonchev–Trinajstić information content (AvgIpc) is 3.40. The molecule has 1 aliphatic heterocycles. The largest absolute Gasteiger partial charge is 0.507 e. The maximum absolute atomic E-state index is 13.0. The van der Waals surface area contributed by atoms with E-state index >= 15 is 0 Å². The first-order valence-electron chi connectivity index (χ1n) is 9.90. The first-order chi connectivity index (χ1) is 15.5. The number of benzene rings is 2. The predicted molar refractivity (Wildman–Crippen MR) is 120 cm³/mol. The van der Waals surface area contributed by atoms with Crippen molar-refractivity contribution < 1.29 is 23.8 Å². The summed E-state index contributed by atoms with van der Waals surface area (Å²) in [7, 11) is 0. The molecule has 0 bridgehead atoms. The molecule has 0 saturated carbocycles. The molecule has 1 unspecified atom stereocenters. The Morgan fingerprint density at radius 1 is 1.16 bits per heavy atom. The lowest BCUT2D eigenvalue weighted by molar-refractivity contribution is -0.140. The molecule has 0 aliphatic carbocycles. The second-order valence-electron chi connectivity index (χ2n) is 7.19. The van der Waals surface area contributed by atoms with Gasteiger partial charge in [-0.3, -0.25) is 9.59 Å². The third-order valence-corrected chi connectivity index (χ3v) is 5.34. The van der Waals surface area contributed by atoms with Crippen LogP contribution < -0.4 is 4.74 Å². The average molecular weight is 450 g/mol. The maximum Gasteiger partial charge on any atom is 0.296 e. The highest BCUT2D eigenvalue weighted by molar-refractivity contribution is 6.46. The molecule has 2 heterocycles. The number of furan rings is 1. The molecule has 162 valence electrons. The van der Waals surface area contributed by atoms with Crippen molar-refractivity contribution in [2.45, 2.75) is 12.6 Å². The van der Waals surface area contributed by atoms with Gasteiger partial charge in [-0.15, -0.1) is 0 Å². The summed E-state index contributed by atoms with van der Waals surface area (Å²) in [4.78, 5) is 27.3. The van der Waals surface area contributed by atoms with Gasteiger partial charge in [0.15, 0.2) is 0 Å². The third-order valence-electron chi connectivity index (χ3n) is 5.11. The van der Waals surface area contributed by atoms with Crippen molar-refractivity contribution in [2.24, 2.45) is 0 Å². The van der Waals surface area contributed by atoms with Crippen molar-refractivity contribution in [3.05, 3.63) is 107 Å². The zero-order valence-corrected chi connectivity index (χ0v) is 17.8. The van der Waals surface area contributed by atoms with Crippen molar-refractivity contribution in [3.63, 3.8) is 0 Å². The molecule has 0 spiro atoms. The number of nitrogens with zero attached hydrogens (tertiary/aromatic N) is 1. The van der Waals surface area contributed by atoms with Crippen molar-refractivity contribution in [1.82, 2.24) is 4.90 Å². The number of rotatable bonds is 7. The van der Waals surface area contributed by atoms with Crippen LogP contribution in [0.4, 0.5) is 0 Å². The minimum absolute atomic E-state index is 0.0106. The Bertz CT molecular complexity index is 1180. The first-order valence-corrected chi connectivity index (χ1v) is 10.3. The summed E-state index contributed by atoms with van der Waals surface area (Å²) >= 11 is 6.18. The van der Waals surface area contributed by atoms with Crippen LogP contribution in [-0.2, 0) is 16.1 Å². The molecule has 1 aromatic heterocycles. The minimum Gasteiger partial charge on any atom is -0.507 e. The van der Waals surface area contributed by atoms with Crippen LogP contribution in [0.3, 0.4) is 0 Å². The number of hydrogen-bond donors (Lipinski definition) is 1. The lowest BCUT2D eigenvalue weighted by atomic mass is 9.95. The predicted octanol–water partition coefficient (Wildman–Crippen LogP) is 5.12. The van der Waals surface area contributed by atoms with E-state index in [4.69, 9.17) is 20.8 Å². The number of likely N-dealkylation sites (tertiary alicyclic amines) is 1. The number of hydrogen-bond acceptors (Lipinski definition) is 5. The number of carbonyl (C=O) groups is 2. The van der Waals surface area contributed by atoms with Crippen LogP contribution >= 0.6 is 11.6 Å². The van der Waals surface area contributed by atoms with Crippen LogP contribution in [0.1, 0.15) is 22.9 Å². The molecule has 0 radical (unpaired) electrons. The van der Waals surface area contributed by atoms with E-state index in [1.54, 1.807) is 66.7 Å². The monoisotopic (exact) mass is 449 g/mol. The highest BCUT2D eigenvalue weighted by Gasteiger charge is 2.46.